The topological polar surface area (TPSA) is 59.3 Å². The van der Waals surface area contributed by atoms with E-state index in [1.165, 1.54) is 11.1 Å². The minimum Gasteiger partial charge on any atom is -0.493 e. The van der Waals surface area contributed by atoms with Crippen LogP contribution in [-0.2, 0) is 5.54 Å². The Bertz CT molecular complexity index is 1260. The Morgan fingerprint density at radius 3 is 2.30 bits per heavy atom. The molecule has 33 heavy (non-hydrogen) atoms. The summed E-state index contributed by atoms with van der Waals surface area (Å²) in [6.45, 7) is 4.38. The third-order valence-corrected chi connectivity index (χ3v) is 6.37. The van der Waals surface area contributed by atoms with Crippen LogP contribution in [0.15, 0.2) is 73.1 Å². The van der Waals surface area contributed by atoms with Gasteiger partial charge in [0.05, 0.1) is 25.3 Å². The van der Waals surface area contributed by atoms with Crippen LogP contribution in [0.3, 0.4) is 0 Å². The normalized spacial score (nSPS) is 19.3. The molecule has 3 aromatic carbocycles. The molecule has 0 amide bonds. The van der Waals surface area contributed by atoms with Crippen molar-refractivity contribution in [1.82, 2.24) is 14.9 Å². The van der Waals surface area contributed by atoms with Crippen molar-refractivity contribution in [2.75, 3.05) is 32.6 Å². The molecular formula is C27H28N4O2. The maximum Gasteiger partial charge on any atom is 0.162 e. The van der Waals surface area contributed by atoms with E-state index in [4.69, 9.17) is 9.47 Å². The Kier molecular flexibility index (Phi) is 5.60. The number of nitrogens with zero attached hydrogens (tertiary/aromatic N) is 3. The van der Waals surface area contributed by atoms with Gasteiger partial charge in [0.25, 0.3) is 0 Å². The molecule has 0 spiro atoms. The van der Waals surface area contributed by atoms with Crippen LogP contribution < -0.4 is 14.8 Å². The number of aromatic nitrogens is 2. The molecule has 168 valence electrons. The first kappa shape index (κ1) is 21.2. The van der Waals surface area contributed by atoms with Crippen molar-refractivity contribution < 1.29 is 9.47 Å². The summed E-state index contributed by atoms with van der Waals surface area (Å²) in [6.07, 6.45) is 2.70. The SMILES string of the molecule is CCCN1CC1(c1ccccc1)c1ccc(Nc2ncnc3cc(OC)c(OC)cc23)cc1. The molecule has 0 saturated carbocycles. The van der Waals surface area contributed by atoms with Crippen LogP contribution in [0.4, 0.5) is 11.5 Å². The van der Waals surface area contributed by atoms with Gasteiger partial charge in [-0.15, -0.1) is 0 Å². The first-order valence-corrected chi connectivity index (χ1v) is 11.2. The highest BCUT2D eigenvalue weighted by atomic mass is 16.5. The summed E-state index contributed by atoms with van der Waals surface area (Å²) in [6, 6.07) is 23.2. The fourth-order valence-corrected chi connectivity index (χ4v) is 4.66. The third kappa shape index (κ3) is 3.76. The van der Waals surface area contributed by atoms with E-state index >= 15 is 0 Å². The van der Waals surface area contributed by atoms with Crippen molar-refractivity contribution >= 4 is 22.4 Å². The molecule has 5 rings (SSSR count). The molecule has 6 heteroatoms. The van der Waals surface area contributed by atoms with Gasteiger partial charge in [0.1, 0.15) is 12.1 Å². The maximum absolute atomic E-state index is 5.47. The Hall–Kier alpha value is -3.64. The smallest absolute Gasteiger partial charge is 0.162 e. The van der Waals surface area contributed by atoms with Crippen LogP contribution in [0.2, 0.25) is 0 Å². The van der Waals surface area contributed by atoms with Crippen molar-refractivity contribution in [3.63, 3.8) is 0 Å². The Balaban J connectivity index is 1.46. The van der Waals surface area contributed by atoms with E-state index < -0.39 is 0 Å². The number of fused-ring (bicyclic) bond motifs is 1. The second kappa shape index (κ2) is 8.71. The minimum absolute atomic E-state index is 0.0265. The number of hydrogen-bond acceptors (Lipinski definition) is 6. The van der Waals surface area contributed by atoms with Gasteiger partial charge in [0.2, 0.25) is 0 Å². The van der Waals surface area contributed by atoms with Gasteiger partial charge in [-0.3, -0.25) is 4.90 Å². The van der Waals surface area contributed by atoms with Crippen LogP contribution >= 0.6 is 0 Å². The molecule has 1 saturated heterocycles. The lowest BCUT2D eigenvalue weighted by Crippen LogP contribution is -2.18. The zero-order valence-electron chi connectivity index (χ0n) is 19.2. The highest BCUT2D eigenvalue weighted by molar-refractivity contribution is 5.93. The Morgan fingerprint density at radius 1 is 0.909 bits per heavy atom. The molecule has 6 nitrogen and oxygen atoms in total. The number of nitrogens with one attached hydrogen (secondary N) is 1. The standard InChI is InChI=1S/C27H28N4O2/c1-4-14-31-17-27(31,19-8-6-5-7-9-19)20-10-12-21(13-11-20)30-26-22-15-24(32-2)25(33-3)16-23(22)28-18-29-26/h5-13,15-16,18H,4,14,17H2,1-3H3,(H,28,29,30). The van der Waals surface area contributed by atoms with Gasteiger partial charge in [0, 0.05) is 23.7 Å². The fraction of sp³-hybridized carbons (Fsp3) is 0.259. The quantitative estimate of drug-likeness (QED) is 0.372. The van der Waals surface area contributed by atoms with Crippen molar-refractivity contribution in [3.8, 4) is 11.5 Å². The van der Waals surface area contributed by atoms with Crippen molar-refractivity contribution in [2.45, 2.75) is 18.9 Å². The van der Waals surface area contributed by atoms with Crippen LogP contribution in [0.5, 0.6) is 11.5 Å². The van der Waals surface area contributed by atoms with E-state index in [-0.39, 0.29) is 5.54 Å². The van der Waals surface area contributed by atoms with Gasteiger partial charge in [-0.25, -0.2) is 9.97 Å². The fourth-order valence-electron chi connectivity index (χ4n) is 4.66. The van der Waals surface area contributed by atoms with E-state index in [2.05, 4.69) is 81.7 Å². The summed E-state index contributed by atoms with van der Waals surface area (Å²) < 4.78 is 10.9. The zero-order chi connectivity index (χ0) is 22.8. The summed E-state index contributed by atoms with van der Waals surface area (Å²) in [5, 5.41) is 4.32. The van der Waals surface area contributed by atoms with Crippen LogP contribution in [0.25, 0.3) is 10.9 Å². The number of rotatable bonds is 8. The van der Waals surface area contributed by atoms with Crippen molar-refractivity contribution in [2.24, 2.45) is 0 Å². The van der Waals surface area contributed by atoms with E-state index in [9.17, 15) is 0 Å². The molecule has 2 heterocycles. The molecule has 0 radical (unpaired) electrons. The highest BCUT2D eigenvalue weighted by Crippen LogP contribution is 2.48. The molecule has 1 aliphatic heterocycles. The van der Waals surface area contributed by atoms with Crippen molar-refractivity contribution in [1.29, 1.82) is 0 Å². The molecule has 1 fully saturated rings. The molecule has 1 aliphatic rings. The largest absolute Gasteiger partial charge is 0.493 e. The summed E-state index contributed by atoms with van der Waals surface area (Å²) in [5.74, 6) is 2.02. The predicted molar refractivity (Wildman–Crippen MR) is 131 cm³/mol. The summed E-state index contributed by atoms with van der Waals surface area (Å²) in [4.78, 5) is 11.4. The van der Waals surface area contributed by atoms with Gasteiger partial charge in [-0.1, -0.05) is 49.4 Å². The summed E-state index contributed by atoms with van der Waals surface area (Å²) >= 11 is 0. The second-order valence-corrected chi connectivity index (χ2v) is 8.30. The maximum atomic E-state index is 5.47. The molecule has 4 aromatic rings. The van der Waals surface area contributed by atoms with E-state index in [0.717, 1.165) is 41.9 Å². The lowest BCUT2D eigenvalue weighted by molar-refractivity contribution is 0.356. The van der Waals surface area contributed by atoms with Crippen LogP contribution in [0, 0.1) is 0 Å². The monoisotopic (exact) mass is 440 g/mol. The third-order valence-electron chi connectivity index (χ3n) is 6.37. The lowest BCUT2D eigenvalue weighted by atomic mass is 9.90. The van der Waals surface area contributed by atoms with E-state index in [1.54, 1.807) is 20.5 Å². The first-order chi connectivity index (χ1) is 16.2. The molecule has 0 bridgehead atoms. The Morgan fingerprint density at radius 2 is 1.61 bits per heavy atom. The van der Waals surface area contributed by atoms with E-state index in [0.29, 0.717) is 11.5 Å². The molecular weight excluding hydrogens is 412 g/mol. The lowest BCUT2D eigenvalue weighted by Gasteiger charge is -2.20. The highest BCUT2D eigenvalue weighted by Gasteiger charge is 2.53. The average molecular weight is 441 g/mol. The van der Waals surface area contributed by atoms with Gasteiger partial charge in [-0.05, 0) is 42.3 Å². The first-order valence-electron chi connectivity index (χ1n) is 11.2. The van der Waals surface area contributed by atoms with Crippen LogP contribution in [-0.4, -0.2) is 42.2 Å². The number of benzene rings is 3. The number of methoxy groups -OCH3 is 2. The van der Waals surface area contributed by atoms with Crippen molar-refractivity contribution in [3.05, 3.63) is 84.2 Å². The molecule has 1 N–H and O–H groups in total. The zero-order valence-corrected chi connectivity index (χ0v) is 19.2. The van der Waals surface area contributed by atoms with Gasteiger partial charge < -0.3 is 14.8 Å². The summed E-state index contributed by atoms with van der Waals surface area (Å²) in [5.41, 5.74) is 4.40. The number of ether oxygens (including phenoxy) is 2. The van der Waals surface area contributed by atoms with Gasteiger partial charge >= 0.3 is 0 Å². The Labute approximate surface area is 194 Å². The summed E-state index contributed by atoms with van der Waals surface area (Å²) in [7, 11) is 3.25. The predicted octanol–water partition coefficient (Wildman–Crippen LogP) is 5.36. The molecule has 2 unspecified atom stereocenters. The minimum atomic E-state index is -0.0265. The van der Waals surface area contributed by atoms with E-state index in [1.807, 2.05) is 12.1 Å². The molecule has 0 aliphatic carbocycles. The molecule has 1 aromatic heterocycles. The van der Waals surface area contributed by atoms with Gasteiger partial charge in [0.15, 0.2) is 11.5 Å². The number of hydrogen-bond donors (Lipinski definition) is 1. The second-order valence-electron chi connectivity index (χ2n) is 8.30. The molecule has 2 atom stereocenters. The van der Waals surface area contributed by atoms with Gasteiger partial charge in [-0.2, -0.15) is 0 Å². The average Bonchev–Trinajstić information content (AvgIpc) is 3.59. The van der Waals surface area contributed by atoms with Crippen LogP contribution in [0.1, 0.15) is 24.5 Å². The number of anilines is 2.